The lowest BCUT2D eigenvalue weighted by molar-refractivity contribution is -0.156. The molecule has 118 valence electrons. The maximum atomic E-state index is 13.0. The van der Waals surface area contributed by atoms with Crippen LogP contribution < -0.4 is 5.32 Å². The molecule has 2 aliphatic carbocycles. The van der Waals surface area contributed by atoms with E-state index >= 15 is 0 Å². The van der Waals surface area contributed by atoms with Gasteiger partial charge in [0.25, 0.3) is 0 Å². The van der Waals surface area contributed by atoms with Crippen LogP contribution in [0.5, 0.6) is 0 Å². The molecule has 3 rings (SSSR count). The molecule has 3 atom stereocenters. The Balaban J connectivity index is 1.76. The average Bonchev–Trinajstić information content (AvgIpc) is 2.88. The molecule has 1 aliphatic heterocycles. The molecular formula is C17H28N2O2. The van der Waals surface area contributed by atoms with E-state index in [1.165, 1.54) is 25.7 Å². The van der Waals surface area contributed by atoms with Crippen LogP contribution in [0.4, 0.5) is 0 Å². The van der Waals surface area contributed by atoms with E-state index in [9.17, 15) is 9.59 Å². The van der Waals surface area contributed by atoms with Gasteiger partial charge in [0.15, 0.2) is 0 Å². The fourth-order valence-corrected chi connectivity index (χ4v) is 4.49. The Morgan fingerprint density at radius 2 is 1.86 bits per heavy atom. The van der Waals surface area contributed by atoms with Crippen molar-refractivity contribution in [2.24, 2.45) is 11.8 Å². The third-order valence-electron chi connectivity index (χ3n) is 5.85. The van der Waals surface area contributed by atoms with Crippen molar-refractivity contribution in [2.75, 3.05) is 6.54 Å². The Labute approximate surface area is 127 Å². The second-order valence-corrected chi connectivity index (χ2v) is 7.55. The lowest BCUT2D eigenvalue weighted by atomic mass is 9.78. The highest BCUT2D eigenvalue weighted by Gasteiger charge is 2.50. The largest absolute Gasteiger partial charge is 0.340 e. The van der Waals surface area contributed by atoms with Gasteiger partial charge in [-0.25, -0.2) is 0 Å². The quantitative estimate of drug-likeness (QED) is 0.850. The van der Waals surface area contributed by atoms with Crippen molar-refractivity contribution < 1.29 is 9.59 Å². The Hall–Kier alpha value is -1.06. The van der Waals surface area contributed by atoms with E-state index in [0.29, 0.717) is 5.92 Å². The van der Waals surface area contributed by atoms with Gasteiger partial charge in [0.05, 0.1) is 0 Å². The first-order chi connectivity index (χ1) is 10.0. The lowest BCUT2D eigenvalue weighted by Crippen LogP contribution is -2.70. The minimum absolute atomic E-state index is 0.0440. The van der Waals surface area contributed by atoms with Gasteiger partial charge in [-0.05, 0) is 44.4 Å². The summed E-state index contributed by atoms with van der Waals surface area (Å²) in [6, 6.07) is -0.305. The lowest BCUT2D eigenvalue weighted by Gasteiger charge is -2.47. The van der Waals surface area contributed by atoms with Crippen LogP contribution in [0.25, 0.3) is 0 Å². The zero-order valence-electron chi connectivity index (χ0n) is 13.4. The van der Waals surface area contributed by atoms with Gasteiger partial charge in [0.2, 0.25) is 11.8 Å². The molecule has 1 saturated heterocycles. The molecule has 4 nitrogen and oxygen atoms in total. The Bertz CT molecular complexity index is 429. The van der Waals surface area contributed by atoms with Crippen LogP contribution in [0.1, 0.15) is 65.2 Å². The summed E-state index contributed by atoms with van der Waals surface area (Å²) < 4.78 is 0. The van der Waals surface area contributed by atoms with Crippen LogP contribution >= 0.6 is 0 Å². The predicted molar refractivity (Wildman–Crippen MR) is 81.6 cm³/mol. The first kappa shape index (κ1) is 14.9. The Kier molecular flexibility index (Phi) is 3.98. The van der Waals surface area contributed by atoms with E-state index in [0.717, 1.165) is 38.1 Å². The molecule has 2 saturated carbocycles. The number of carbonyl (C=O) groups excluding carboxylic acids is 2. The maximum absolute atomic E-state index is 13.0. The van der Waals surface area contributed by atoms with E-state index in [4.69, 9.17) is 0 Å². The molecular weight excluding hydrogens is 264 g/mol. The molecule has 4 heteroatoms. The van der Waals surface area contributed by atoms with E-state index in [1.807, 2.05) is 11.8 Å². The minimum atomic E-state index is -0.577. The van der Waals surface area contributed by atoms with Crippen LogP contribution in [0.2, 0.25) is 0 Å². The third-order valence-corrected chi connectivity index (χ3v) is 5.85. The highest BCUT2D eigenvalue weighted by atomic mass is 16.2. The molecule has 3 unspecified atom stereocenters. The van der Waals surface area contributed by atoms with Gasteiger partial charge < -0.3 is 10.2 Å². The predicted octanol–water partition coefficient (Wildman–Crippen LogP) is 2.47. The van der Waals surface area contributed by atoms with Crippen molar-refractivity contribution in [3.05, 3.63) is 0 Å². The zero-order chi connectivity index (χ0) is 15.0. The summed E-state index contributed by atoms with van der Waals surface area (Å²) in [5, 5.41) is 3.06. The van der Waals surface area contributed by atoms with Crippen LogP contribution in [0, 0.1) is 11.8 Å². The van der Waals surface area contributed by atoms with E-state index in [-0.39, 0.29) is 17.9 Å². The van der Waals surface area contributed by atoms with Crippen LogP contribution in [0.3, 0.4) is 0 Å². The van der Waals surface area contributed by atoms with E-state index in [2.05, 4.69) is 12.2 Å². The van der Waals surface area contributed by atoms with Gasteiger partial charge in [0.1, 0.15) is 11.6 Å². The van der Waals surface area contributed by atoms with Crippen molar-refractivity contribution in [1.82, 2.24) is 10.2 Å². The molecule has 2 amide bonds. The number of nitrogens with one attached hydrogen (secondary N) is 1. The summed E-state index contributed by atoms with van der Waals surface area (Å²) in [4.78, 5) is 27.3. The first-order valence-electron chi connectivity index (χ1n) is 8.65. The Morgan fingerprint density at radius 1 is 1.14 bits per heavy atom. The fourth-order valence-electron chi connectivity index (χ4n) is 4.49. The monoisotopic (exact) mass is 292 g/mol. The number of hydrogen-bond acceptors (Lipinski definition) is 2. The fraction of sp³-hybridized carbons (Fsp3) is 0.882. The molecule has 3 fully saturated rings. The van der Waals surface area contributed by atoms with Gasteiger partial charge in [-0.2, -0.15) is 0 Å². The SMILES string of the molecule is CC1CCC(CN2C(=O)C3(CCCCC3)NC(=O)C2C)C1. The maximum Gasteiger partial charge on any atom is 0.249 e. The summed E-state index contributed by atoms with van der Waals surface area (Å²) in [5.74, 6) is 1.58. The van der Waals surface area contributed by atoms with Gasteiger partial charge in [-0.1, -0.05) is 32.6 Å². The van der Waals surface area contributed by atoms with Gasteiger partial charge in [-0.15, -0.1) is 0 Å². The molecule has 1 N–H and O–H groups in total. The first-order valence-corrected chi connectivity index (χ1v) is 8.65. The van der Waals surface area contributed by atoms with Crippen molar-refractivity contribution in [2.45, 2.75) is 76.8 Å². The molecule has 0 aromatic heterocycles. The number of piperazine rings is 1. The molecule has 1 spiro atoms. The molecule has 0 aromatic rings. The number of rotatable bonds is 2. The van der Waals surface area contributed by atoms with Crippen LogP contribution in [0.15, 0.2) is 0 Å². The van der Waals surface area contributed by atoms with Crippen molar-refractivity contribution >= 4 is 11.8 Å². The molecule has 3 aliphatic rings. The normalized spacial score (nSPS) is 36.1. The number of hydrogen-bond donors (Lipinski definition) is 1. The smallest absolute Gasteiger partial charge is 0.249 e. The van der Waals surface area contributed by atoms with Gasteiger partial charge >= 0.3 is 0 Å². The third kappa shape index (κ3) is 2.69. The molecule has 0 aromatic carbocycles. The Morgan fingerprint density at radius 3 is 2.48 bits per heavy atom. The second-order valence-electron chi connectivity index (χ2n) is 7.55. The van der Waals surface area contributed by atoms with Crippen LogP contribution in [-0.2, 0) is 9.59 Å². The average molecular weight is 292 g/mol. The van der Waals surface area contributed by atoms with Crippen LogP contribution in [-0.4, -0.2) is 34.8 Å². The molecule has 0 bridgehead atoms. The van der Waals surface area contributed by atoms with Gasteiger partial charge in [0, 0.05) is 6.54 Å². The number of nitrogens with zero attached hydrogens (tertiary/aromatic N) is 1. The summed E-state index contributed by atoms with van der Waals surface area (Å²) >= 11 is 0. The van der Waals surface area contributed by atoms with E-state index < -0.39 is 5.54 Å². The molecule has 0 radical (unpaired) electrons. The van der Waals surface area contributed by atoms with E-state index in [1.54, 1.807) is 0 Å². The summed E-state index contributed by atoms with van der Waals surface area (Å²) in [6.07, 6.45) is 8.59. The van der Waals surface area contributed by atoms with Crippen molar-refractivity contribution in [3.8, 4) is 0 Å². The summed E-state index contributed by atoms with van der Waals surface area (Å²) in [5.41, 5.74) is -0.577. The van der Waals surface area contributed by atoms with Crippen molar-refractivity contribution in [1.29, 1.82) is 0 Å². The molecule has 21 heavy (non-hydrogen) atoms. The summed E-state index contributed by atoms with van der Waals surface area (Å²) in [7, 11) is 0. The summed E-state index contributed by atoms with van der Waals surface area (Å²) in [6.45, 7) is 4.94. The molecule has 1 heterocycles. The standard InChI is InChI=1S/C17H28N2O2/c1-12-6-7-14(10-12)11-19-13(2)15(20)18-17(16(19)21)8-4-3-5-9-17/h12-14H,3-11H2,1-2H3,(H,18,20). The van der Waals surface area contributed by atoms with Crippen molar-refractivity contribution in [3.63, 3.8) is 0 Å². The van der Waals surface area contributed by atoms with Gasteiger partial charge in [-0.3, -0.25) is 9.59 Å². The highest BCUT2D eigenvalue weighted by Crippen LogP contribution is 2.36. The number of amides is 2. The second kappa shape index (κ2) is 5.62. The topological polar surface area (TPSA) is 49.4 Å². The number of carbonyl (C=O) groups is 2. The highest BCUT2D eigenvalue weighted by molar-refractivity contribution is 5.99. The zero-order valence-corrected chi connectivity index (χ0v) is 13.4. The minimum Gasteiger partial charge on any atom is -0.340 e.